The molecule has 2 aromatic heterocycles. The molecule has 3 rings (SSSR count). The smallest absolute Gasteiger partial charge is 0.229 e. The molecule has 2 N–H and O–H groups in total. The Balaban J connectivity index is 1.70. The van der Waals surface area contributed by atoms with E-state index in [1.54, 1.807) is 6.20 Å². The largest absolute Gasteiger partial charge is 0.346 e. The number of nitrogens with one attached hydrogen (secondary N) is 2. The van der Waals surface area contributed by atoms with E-state index in [1.807, 2.05) is 26.0 Å². The van der Waals surface area contributed by atoms with Crippen molar-refractivity contribution in [2.24, 2.45) is 5.92 Å². The van der Waals surface area contributed by atoms with Gasteiger partial charge in [0, 0.05) is 24.2 Å². The Morgan fingerprint density at radius 2 is 2.30 bits per heavy atom. The maximum absolute atomic E-state index is 12.3. The van der Waals surface area contributed by atoms with Crippen LogP contribution < -0.4 is 5.32 Å². The third-order valence-electron chi connectivity index (χ3n) is 3.70. The van der Waals surface area contributed by atoms with Crippen LogP contribution in [0.2, 0.25) is 0 Å². The molecule has 5 nitrogen and oxygen atoms in total. The third kappa shape index (κ3) is 2.57. The molecule has 0 saturated carbocycles. The van der Waals surface area contributed by atoms with Crippen molar-refractivity contribution < 1.29 is 4.79 Å². The molecule has 1 amide bonds. The molecule has 1 atom stereocenters. The molecular weight excluding hydrogens is 252 g/mol. The molecule has 104 valence electrons. The van der Waals surface area contributed by atoms with Crippen LogP contribution in [-0.4, -0.2) is 20.9 Å². The molecule has 0 aromatic carbocycles. The van der Waals surface area contributed by atoms with E-state index in [4.69, 9.17) is 0 Å². The fraction of sp³-hybridized carbons (Fsp3) is 0.400. The molecule has 2 heterocycles. The molecule has 0 aliphatic heterocycles. The van der Waals surface area contributed by atoms with Crippen molar-refractivity contribution in [3.05, 3.63) is 41.1 Å². The monoisotopic (exact) mass is 270 g/mol. The molecule has 20 heavy (non-hydrogen) atoms. The fourth-order valence-electron chi connectivity index (χ4n) is 2.68. The maximum Gasteiger partial charge on any atom is 0.229 e. The number of carbonyl (C=O) groups is 1. The number of rotatable bonds is 2. The number of pyridine rings is 1. The van der Waals surface area contributed by atoms with Gasteiger partial charge in [-0.05, 0) is 44.4 Å². The van der Waals surface area contributed by atoms with Crippen molar-refractivity contribution in [3.63, 3.8) is 0 Å². The van der Waals surface area contributed by atoms with E-state index in [0.717, 1.165) is 42.0 Å². The van der Waals surface area contributed by atoms with E-state index in [0.29, 0.717) is 5.82 Å². The van der Waals surface area contributed by atoms with Gasteiger partial charge < -0.3 is 10.3 Å². The normalized spacial score (nSPS) is 17.6. The highest BCUT2D eigenvalue weighted by atomic mass is 16.1. The first-order valence-electron chi connectivity index (χ1n) is 6.89. The van der Waals surface area contributed by atoms with Gasteiger partial charge >= 0.3 is 0 Å². The summed E-state index contributed by atoms with van der Waals surface area (Å²) in [4.78, 5) is 24.2. The lowest BCUT2D eigenvalue weighted by atomic mass is 9.89. The van der Waals surface area contributed by atoms with Crippen LogP contribution in [0.15, 0.2) is 18.3 Å². The summed E-state index contributed by atoms with van der Waals surface area (Å²) in [6, 6.07) is 3.79. The van der Waals surface area contributed by atoms with E-state index in [9.17, 15) is 4.79 Å². The molecule has 5 heteroatoms. The minimum absolute atomic E-state index is 0.00957. The average molecular weight is 270 g/mol. The molecule has 1 aliphatic carbocycles. The predicted octanol–water partition coefficient (Wildman–Crippen LogP) is 2.17. The van der Waals surface area contributed by atoms with Crippen molar-refractivity contribution in [3.8, 4) is 0 Å². The van der Waals surface area contributed by atoms with Crippen LogP contribution in [0.3, 0.4) is 0 Å². The van der Waals surface area contributed by atoms with E-state index in [-0.39, 0.29) is 11.8 Å². The number of amides is 1. The second-order valence-corrected chi connectivity index (χ2v) is 5.39. The summed E-state index contributed by atoms with van der Waals surface area (Å²) in [7, 11) is 0. The van der Waals surface area contributed by atoms with Crippen LogP contribution >= 0.6 is 0 Å². The summed E-state index contributed by atoms with van der Waals surface area (Å²) in [6.45, 7) is 3.93. The number of carbonyl (C=O) groups excluding carboxylic acids is 1. The zero-order valence-corrected chi connectivity index (χ0v) is 11.7. The van der Waals surface area contributed by atoms with Gasteiger partial charge in [-0.3, -0.25) is 4.79 Å². The highest BCUT2D eigenvalue weighted by Crippen LogP contribution is 2.24. The van der Waals surface area contributed by atoms with Crippen LogP contribution in [0.25, 0.3) is 0 Å². The minimum atomic E-state index is -0.00957. The maximum atomic E-state index is 12.3. The van der Waals surface area contributed by atoms with E-state index in [1.165, 1.54) is 0 Å². The lowest BCUT2D eigenvalue weighted by Gasteiger charge is -2.20. The van der Waals surface area contributed by atoms with Crippen LogP contribution in [-0.2, 0) is 17.6 Å². The molecule has 2 aromatic rings. The molecule has 1 aliphatic rings. The second-order valence-electron chi connectivity index (χ2n) is 5.39. The standard InChI is InChI=1S/C15H18N4O/c1-9-5-6-16-14(7-9)19-15(20)11-3-4-12-13(8-11)18-10(2)17-12/h5-7,11H,3-4,8H2,1-2H3,(H,17,18)(H,16,19,20)/t11-/m1/s1. The molecule has 0 saturated heterocycles. The van der Waals surface area contributed by atoms with Crippen LogP contribution in [0.1, 0.15) is 29.2 Å². The number of nitrogens with zero attached hydrogens (tertiary/aromatic N) is 2. The minimum Gasteiger partial charge on any atom is -0.346 e. The first kappa shape index (κ1) is 12.8. The average Bonchev–Trinajstić information content (AvgIpc) is 2.77. The SMILES string of the molecule is Cc1ccnc(NC(=O)[C@@H]2CCc3nc(C)[nH]c3C2)c1. The lowest BCUT2D eigenvalue weighted by Crippen LogP contribution is -2.28. The van der Waals surface area contributed by atoms with Gasteiger partial charge in [0.25, 0.3) is 0 Å². The van der Waals surface area contributed by atoms with Crippen molar-refractivity contribution >= 4 is 11.7 Å². The molecule has 0 radical (unpaired) electrons. The summed E-state index contributed by atoms with van der Waals surface area (Å²) >= 11 is 0. The topological polar surface area (TPSA) is 70.7 Å². The van der Waals surface area contributed by atoms with Gasteiger partial charge in [0.15, 0.2) is 0 Å². The number of hydrogen-bond donors (Lipinski definition) is 2. The Hall–Kier alpha value is -2.17. The number of imidazole rings is 1. The second kappa shape index (κ2) is 5.07. The van der Waals surface area contributed by atoms with Crippen LogP contribution in [0.4, 0.5) is 5.82 Å². The summed E-state index contributed by atoms with van der Waals surface area (Å²) in [5.74, 6) is 1.59. The van der Waals surface area contributed by atoms with Gasteiger partial charge in [0.1, 0.15) is 11.6 Å². The highest BCUT2D eigenvalue weighted by Gasteiger charge is 2.27. The molecule has 0 bridgehead atoms. The third-order valence-corrected chi connectivity index (χ3v) is 3.70. The molecular formula is C15H18N4O. The molecule has 0 fully saturated rings. The van der Waals surface area contributed by atoms with Crippen molar-refractivity contribution in [1.29, 1.82) is 0 Å². The first-order valence-corrected chi connectivity index (χ1v) is 6.89. The molecule has 0 spiro atoms. The van der Waals surface area contributed by atoms with Crippen molar-refractivity contribution in [2.75, 3.05) is 5.32 Å². The van der Waals surface area contributed by atoms with Gasteiger partial charge in [0.05, 0.1) is 5.69 Å². The summed E-state index contributed by atoms with van der Waals surface area (Å²) < 4.78 is 0. The Bertz CT molecular complexity index is 647. The number of hydrogen-bond acceptors (Lipinski definition) is 3. The number of H-pyrrole nitrogens is 1. The molecule has 0 unspecified atom stereocenters. The Morgan fingerprint density at radius 1 is 1.45 bits per heavy atom. The van der Waals surface area contributed by atoms with Crippen molar-refractivity contribution in [2.45, 2.75) is 33.1 Å². The van der Waals surface area contributed by atoms with Gasteiger partial charge in [-0.2, -0.15) is 0 Å². The van der Waals surface area contributed by atoms with Crippen LogP contribution in [0, 0.1) is 19.8 Å². The summed E-state index contributed by atoms with van der Waals surface area (Å²) in [5, 5.41) is 2.91. The predicted molar refractivity (Wildman–Crippen MR) is 76.4 cm³/mol. The Morgan fingerprint density at radius 3 is 3.10 bits per heavy atom. The Kier molecular flexibility index (Phi) is 3.26. The zero-order chi connectivity index (χ0) is 14.1. The van der Waals surface area contributed by atoms with Crippen LogP contribution in [0.5, 0.6) is 0 Å². The quantitative estimate of drug-likeness (QED) is 0.878. The highest BCUT2D eigenvalue weighted by molar-refractivity contribution is 5.92. The zero-order valence-electron chi connectivity index (χ0n) is 11.7. The van der Waals surface area contributed by atoms with Crippen molar-refractivity contribution in [1.82, 2.24) is 15.0 Å². The van der Waals surface area contributed by atoms with E-state index < -0.39 is 0 Å². The number of aromatic nitrogens is 3. The summed E-state index contributed by atoms with van der Waals surface area (Å²) in [6.07, 6.45) is 4.14. The number of fused-ring (bicyclic) bond motifs is 1. The van der Waals surface area contributed by atoms with Gasteiger partial charge in [-0.1, -0.05) is 0 Å². The van der Waals surface area contributed by atoms with Gasteiger partial charge in [0.2, 0.25) is 5.91 Å². The first-order chi connectivity index (χ1) is 9.61. The number of anilines is 1. The van der Waals surface area contributed by atoms with E-state index in [2.05, 4.69) is 20.3 Å². The van der Waals surface area contributed by atoms with E-state index >= 15 is 0 Å². The number of aromatic amines is 1. The Labute approximate surface area is 117 Å². The number of aryl methyl sites for hydroxylation is 3. The fourth-order valence-corrected chi connectivity index (χ4v) is 2.68. The summed E-state index contributed by atoms with van der Waals surface area (Å²) in [5.41, 5.74) is 3.30. The lowest BCUT2D eigenvalue weighted by molar-refractivity contribution is -0.120. The van der Waals surface area contributed by atoms with Gasteiger partial charge in [-0.15, -0.1) is 0 Å². The van der Waals surface area contributed by atoms with Gasteiger partial charge in [-0.25, -0.2) is 9.97 Å².